The Morgan fingerprint density at radius 2 is 1.22 bits per heavy atom. The van der Waals surface area contributed by atoms with Gasteiger partial charge in [-0.2, -0.15) is 0 Å². The first-order chi connectivity index (χ1) is 10.9. The lowest BCUT2D eigenvalue weighted by Gasteiger charge is -2.15. The van der Waals surface area contributed by atoms with Gasteiger partial charge < -0.3 is 4.74 Å². The van der Waals surface area contributed by atoms with E-state index in [0.29, 0.717) is 11.1 Å². The fourth-order valence-electron chi connectivity index (χ4n) is 2.16. The van der Waals surface area contributed by atoms with Crippen molar-refractivity contribution < 1.29 is 19.4 Å². The molecule has 2 aromatic rings. The predicted molar refractivity (Wildman–Crippen MR) is 80.1 cm³/mol. The average Bonchev–Trinajstić information content (AvgIpc) is 2.55. The first kappa shape index (κ1) is 16.1. The Hall–Kier alpha value is -3.29. The number of esters is 1. The molecule has 0 N–H and O–H groups in total. The number of hydrogen-bond donors (Lipinski definition) is 0. The Balaban J connectivity index is 2.42. The summed E-state index contributed by atoms with van der Waals surface area (Å²) >= 11 is 0. The van der Waals surface area contributed by atoms with Crippen LogP contribution in [0.15, 0.2) is 48.5 Å². The van der Waals surface area contributed by atoms with Crippen molar-refractivity contribution >= 4 is 17.3 Å². The van der Waals surface area contributed by atoms with E-state index in [9.17, 15) is 25.0 Å². The number of nitrogens with zero attached hydrogens (tertiary/aromatic N) is 2. The molecule has 0 radical (unpaired) electrons. The third-order valence-corrected chi connectivity index (χ3v) is 3.31. The summed E-state index contributed by atoms with van der Waals surface area (Å²) in [5.74, 6) is -1.38. The standard InChI is InChI=1S/C15H12N2O6/c1-23-15(18)14(10-2-6-12(7-3-10)16(19)20)11-4-8-13(9-5-11)17(21)22/h2-9,14H,1H3. The van der Waals surface area contributed by atoms with Gasteiger partial charge >= 0.3 is 5.97 Å². The quantitative estimate of drug-likeness (QED) is 0.476. The molecule has 0 aliphatic rings. The number of nitro benzene ring substituents is 2. The number of rotatable bonds is 5. The van der Waals surface area contributed by atoms with Gasteiger partial charge in [-0.3, -0.25) is 25.0 Å². The molecule has 0 saturated heterocycles. The first-order valence-electron chi connectivity index (χ1n) is 6.50. The van der Waals surface area contributed by atoms with E-state index in [2.05, 4.69) is 0 Å². The van der Waals surface area contributed by atoms with Crippen LogP contribution >= 0.6 is 0 Å². The van der Waals surface area contributed by atoms with Gasteiger partial charge in [0.25, 0.3) is 11.4 Å². The number of ether oxygens (including phenoxy) is 1. The van der Waals surface area contributed by atoms with Crippen LogP contribution in [0.1, 0.15) is 17.0 Å². The Morgan fingerprint density at radius 3 is 1.48 bits per heavy atom. The van der Waals surface area contributed by atoms with Crippen molar-refractivity contribution in [2.24, 2.45) is 0 Å². The number of hydrogen-bond acceptors (Lipinski definition) is 6. The zero-order valence-electron chi connectivity index (χ0n) is 12.0. The van der Waals surface area contributed by atoms with E-state index < -0.39 is 21.7 Å². The van der Waals surface area contributed by atoms with E-state index in [-0.39, 0.29) is 11.4 Å². The third-order valence-electron chi connectivity index (χ3n) is 3.31. The average molecular weight is 316 g/mol. The minimum Gasteiger partial charge on any atom is -0.468 e. The molecule has 0 saturated carbocycles. The molecule has 0 atom stereocenters. The Kier molecular flexibility index (Phi) is 4.65. The summed E-state index contributed by atoms with van der Waals surface area (Å²) < 4.78 is 4.77. The first-order valence-corrected chi connectivity index (χ1v) is 6.50. The van der Waals surface area contributed by atoms with Crippen LogP contribution in [-0.2, 0) is 9.53 Å². The van der Waals surface area contributed by atoms with E-state index in [4.69, 9.17) is 4.74 Å². The minimum absolute atomic E-state index is 0.0962. The highest BCUT2D eigenvalue weighted by molar-refractivity contribution is 5.82. The monoisotopic (exact) mass is 316 g/mol. The molecule has 0 aliphatic carbocycles. The van der Waals surface area contributed by atoms with Crippen molar-refractivity contribution in [2.75, 3.05) is 7.11 Å². The molecule has 0 aliphatic heterocycles. The molecule has 8 nitrogen and oxygen atoms in total. The second kappa shape index (κ2) is 6.65. The molecule has 0 unspecified atom stereocenters. The normalized spacial score (nSPS) is 10.3. The van der Waals surface area contributed by atoms with Gasteiger partial charge in [-0.1, -0.05) is 24.3 Å². The molecule has 0 fully saturated rings. The van der Waals surface area contributed by atoms with E-state index in [1.807, 2.05) is 0 Å². The summed E-state index contributed by atoms with van der Waals surface area (Å²) in [6.45, 7) is 0. The highest BCUT2D eigenvalue weighted by atomic mass is 16.6. The van der Waals surface area contributed by atoms with Gasteiger partial charge in [-0.25, -0.2) is 0 Å². The van der Waals surface area contributed by atoms with Gasteiger partial charge in [-0.05, 0) is 11.1 Å². The zero-order chi connectivity index (χ0) is 17.0. The maximum absolute atomic E-state index is 12.1. The number of benzene rings is 2. The molecule has 0 spiro atoms. The highest BCUT2D eigenvalue weighted by Gasteiger charge is 2.24. The van der Waals surface area contributed by atoms with Crippen LogP contribution in [-0.4, -0.2) is 22.9 Å². The fourth-order valence-corrected chi connectivity index (χ4v) is 2.16. The molecule has 8 heteroatoms. The second-order valence-corrected chi connectivity index (χ2v) is 4.65. The molecular formula is C15H12N2O6. The smallest absolute Gasteiger partial charge is 0.317 e. The van der Waals surface area contributed by atoms with Crippen molar-refractivity contribution in [1.82, 2.24) is 0 Å². The Labute approximate surface area is 130 Å². The van der Waals surface area contributed by atoms with E-state index in [1.165, 1.54) is 55.6 Å². The topological polar surface area (TPSA) is 113 Å². The molecular weight excluding hydrogens is 304 g/mol. The maximum atomic E-state index is 12.1. The molecule has 2 rings (SSSR count). The van der Waals surface area contributed by atoms with Crippen LogP contribution in [0.4, 0.5) is 11.4 Å². The zero-order valence-corrected chi connectivity index (χ0v) is 12.0. The Morgan fingerprint density at radius 1 is 0.870 bits per heavy atom. The van der Waals surface area contributed by atoms with Crippen molar-refractivity contribution in [3.63, 3.8) is 0 Å². The summed E-state index contributed by atoms with van der Waals surface area (Å²) in [7, 11) is 1.23. The van der Waals surface area contributed by atoms with E-state index >= 15 is 0 Å². The SMILES string of the molecule is COC(=O)C(c1ccc([N+](=O)[O-])cc1)c1ccc([N+](=O)[O-])cc1. The largest absolute Gasteiger partial charge is 0.468 e. The summed E-state index contributed by atoms with van der Waals surface area (Å²) in [5, 5.41) is 21.4. The molecule has 2 aromatic carbocycles. The van der Waals surface area contributed by atoms with Crippen molar-refractivity contribution in [3.8, 4) is 0 Å². The van der Waals surface area contributed by atoms with Crippen molar-refractivity contribution in [2.45, 2.75) is 5.92 Å². The van der Waals surface area contributed by atoms with Crippen LogP contribution in [0.3, 0.4) is 0 Å². The van der Waals surface area contributed by atoms with Crippen LogP contribution < -0.4 is 0 Å². The number of non-ortho nitro benzene ring substituents is 2. The molecule has 0 bridgehead atoms. The fraction of sp³-hybridized carbons (Fsp3) is 0.133. The van der Waals surface area contributed by atoms with Gasteiger partial charge in [0.05, 0.1) is 17.0 Å². The lowest BCUT2D eigenvalue weighted by Crippen LogP contribution is -2.15. The van der Waals surface area contributed by atoms with Gasteiger partial charge in [0.15, 0.2) is 0 Å². The molecule has 0 aromatic heterocycles. The molecule has 23 heavy (non-hydrogen) atoms. The highest BCUT2D eigenvalue weighted by Crippen LogP contribution is 2.28. The number of carbonyl (C=O) groups excluding carboxylic acids is 1. The Bertz CT molecular complexity index is 682. The van der Waals surface area contributed by atoms with Crippen LogP contribution in [0.5, 0.6) is 0 Å². The van der Waals surface area contributed by atoms with Gasteiger partial charge in [0, 0.05) is 24.3 Å². The lowest BCUT2D eigenvalue weighted by molar-refractivity contribution is -0.385. The summed E-state index contributed by atoms with van der Waals surface area (Å²) in [6, 6.07) is 11.0. The van der Waals surface area contributed by atoms with Crippen LogP contribution in [0, 0.1) is 20.2 Å². The molecule has 0 heterocycles. The summed E-state index contributed by atoms with van der Waals surface area (Å²) in [6.07, 6.45) is 0. The number of carbonyl (C=O) groups is 1. The van der Waals surface area contributed by atoms with E-state index in [0.717, 1.165) is 0 Å². The summed E-state index contributed by atoms with van der Waals surface area (Å²) in [4.78, 5) is 32.4. The van der Waals surface area contributed by atoms with Crippen LogP contribution in [0.25, 0.3) is 0 Å². The summed E-state index contributed by atoms with van der Waals surface area (Å²) in [5.41, 5.74) is 0.801. The molecule has 118 valence electrons. The van der Waals surface area contributed by atoms with Gasteiger partial charge in [0.2, 0.25) is 0 Å². The van der Waals surface area contributed by atoms with Crippen LogP contribution in [0.2, 0.25) is 0 Å². The van der Waals surface area contributed by atoms with Crippen molar-refractivity contribution in [3.05, 3.63) is 79.9 Å². The molecule has 0 amide bonds. The minimum atomic E-state index is -0.818. The van der Waals surface area contributed by atoms with Crippen molar-refractivity contribution in [1.29, 1.82) is 0 Å². The van der Waals surface area contributed by atoms with Gasteiger partial charge in [-0.15, -0.1) is 0 Å². The predicted octanol–water partition coefficient (Wildman–Crippen LogP) is 2.81. The number of nitro groups is 2. The lowest BCUT2D eigenvalue weighted by atomic mass is 9.91. The van der Waals surface area contributed by atoms with Gasteiger partial charge in [0.1, 0.15) is 5.92 Å². The maximum Gasteiger partial charge on any atom is 0.317 e. The van der Waals surface area contributed by atoms with E-state index in [1.54, 1.807) is 0 Å². The third kappa shape index (κ3) is 3.49. The second-order valence-electron chi connectivity index (χ2n) is 4.65. The number of methoxy groups -OCH3 is 1.